The third-order valence-corrected chi connectivity index (χ3v) is 3.98. The van der Waals surface area contributed by atoms with Gasteiger partial charge in [0.1, 0.15) is 6.17 Å². The highest BCUT2D eigenvalue weighted by atomic mass is 32.2. The Labute approximate surface area is 94.4 Å². The van der Waals surface area contributed by atoms with Crippen LogP contribution in [-0.2, 0) is 14.3 Å². The Kier molecular flexibility index (Phi) is 2.99. The molecule has 0 radical (unpaired) electrons. The first kappa shape index (κ1) is 11.5. The van der Waals surface area contributed by atoms with E-state index in [0.29, 0.717) is 0 Å². The number of benzene rings is 1. The van der Waals surface area contributed by atoms with Gasteiger partial charge < -0.3 is 0 Å². The molecule has 16 heavy (non-hydrogen) atoms. The Bertz CT molecular complexity index is 461. The van der Waals surface area contributed by atoms with Crippen molar-refractivity contribution in [2.24, 2.45) is 0 Å². The van der Waals surface area contributed by atoms with Crippen LogP contribution in [0, 0.1) is 6.92 Å². The highest BCUT2D eigenvalue weighted by Crippen LogP contribution is 2.29. The quantitative estimate of drug-likeness (QED) is 0.764. The van der Waals surface area contributed by atoms with Gasteiger partial charge in [0.2, 0.25) is 0 Å². The van der Waals surface area contributed by atoms with E-state index in [-0.39, 0.29) is 17.7 Å². The Hall–Kier alpha value is -0.940. The molecule has 0 heterocycles. The predicted octanol–water partition coefficient (Wildman–Crippen LogP) is 2.20. The zero-order chi connectivity index (χ0) is 11.8. The molecule has 1 fully saturated rings. The van der Waals surface area contributed by atoms with Gasteiger partial charge in [-0.15, -0.1) is 0 Å². The molecule has 0 aliphatic heterocycles. The summed E-state index contributed by atoms with van der Waals surface area (Å²) < 4.78 is 40.8. The minimum absolute atomic E-state index is 0.125. The number of hydrogen-bond acceptors (Lipinski definition) is 3. The van der Waals surface area contributed by atoms with Gasteiger partial charge in [-0.05, 0) is 19.1 Å². The standard InChI is InChI=1S/C11H13FO3S/c1-8-2-4-11(5-3-8)16(13,14)15-10-6-9(12)7-10/h2-5,9-10H,6-7H2,1H3/i12-1. The molecule has 2 rings (SSSR count). The van der Waals surface area contributed by atoms with Gasteiger partial charge >= 0.3 is 0 Å². The Morgan fingerprint density at radius 3 is 2.31 bits per heavy atom. The van der Waals surface area contributed by atoms with Gasteiger partial charge in [0.25, 0.3) is 10.1 Å². The molecule has 1 aliphatic carbocycles. The van der Waals surface area contributed by atoms with Gasteiger partial charge in [0.05, 0.1) is 11.0 Å². The van der Waals surface area contributed by atoms with Crippen molar-refractivity contribution < 1.29 is 17.0 Å². The zero-order valence-electron chi connectivity index (χ0n) is 8.89. The van der Waals surface area contributed by atoms with E-state index in [1.54, 1.807) is 12.1 Å². The molecule has 1 aromatic carbocycles. The Balaban J connectivity index is 2.10. The van der Waals surface area contributed by atoms with Crippen LogP contribution in [0.4, 0.5) is 4.39 Å². The first-order chi connectivity index (χ1) is 7.47. The van der Waals surface area contributed by atoms with E-state index in [2.05, 4.69) is 0 Å². The van der Waals surface area contributed by atoms with Gasteiger partial charge in [0.15, 0.2) is 0 Å². The minimum atomic E-state index is -3.73. The maximum absolute atomic E-state index is 12.5. The fourth-order valence-electron chi connectivity index (χ4n) is 1.52. The van der Waals surface area contributed by atoms with Crippen LogP contribution in [0.5, 0.6) is 0 Å². The molecular weight excluding hydrogens is 230 g/mol. The summed E-state index contributed by atoms with van der Waals surface area (Å²) in [5.41, 5.74) is 0.978. The van der Waals surface area contributed by atoms with Crippen LogP contribution in [0.15, 0.2) is 29.2 Å². The van der Waals surface area contributed by atoms with Crippen molar-refractivity contribution in [3.8, 4) is 0 Å². The van der Waals surface area contributed by atoms with E-state index in [4.69, 9.17) is 4.18 Å². The van der Waals surface area contributed by atoms with Crippen molar-refractivity contribution >= 4 is 10.1 Å². The molecule has 5 heteroatoms. The highest BCUT2D eigenvalue weighted by molar-refractivity contribution is 7.86. The molecule has 88 valence electrons. The molecule has 1 saturated carbocycles. The number of aryl methyl sites for hydroxylation is 1. The van der Waals surface area contributed by atoms with Crippen molar-refractivity contribution in [2.75, 3.05) is 0 Å². The molecule has 0 bridgehead atoms. The van der Waals surface area contributed by atoms with Crippen LogP contribution in [-0.4, -0.2) is 20.7 Å². The number of halogens is 1. The molecule has 3 nitrogen and oxygen atoms in total. The van der Waals surface area contributed by atoms with Gasteiger partial charge in [-0.1, -0.05) is 17.7 Å². The molecule has 1 aliphatic rings. The average molecular weight is 243 g/mol. The lowest BCUT2D eigenvalue weighted by Crippen LogP contribution is -2.34. The van der Waals surface area contributed by atoms with Crippen LogP contribution < -0.4 is 0 Å². The molecule has 0 N–H and O–H groups in total. The second kappa shape index (κ2) is 4.14. The molecule has 0 spiro atoms. The van der Waals surface area contributed by atoms with Gasteiger partial charge in [-0.3, -0.25) is 4.18 Å². The second-order valence-electron chi connectivity index (χ2n) is 4.05. The minimum Gasteiger partial charge on any atom is -0.263 e. The van der Waals surface area contributed by atoms with Crippen LogP contribution in [0.25, 0.3) is 0 Å². The smallest absolute Gasteiger partial charge is 0.263 e. The van der Waals surface area contributed by atoms with E-state index in [0.717, 1.165) is 5.56 Å². The fourth-order valence-corrected chi connectivity index (χ4v) is 2.62. The summed E-state index contributed by atoms with van der Waals surface area (Å²) in [6, 6.07) is 6.40. The van der Waals surface area contributed by atoms with Crippen molar-refractivity contribution in [3.63, 3.8) is 0 Å². The van der Waals surface area contributed by atoms with E-state index in [9.17, 15) is 12.8 Å². The summed E-state index contributed by atoms with van der Waals surface area (Å²) in [5.74, 6) is 0. The largest absolute Gasteiger partial charge is 0.297 e. The molecular formula is C11H13FO3S. The van der Waals surface area contributed by atoms with Crippen molar-refractivity contribution in [1.29, 1.82) is 0 Å². The van der Waals surface area contributed by atoms with Gasteiger partial charge in [-0.2, -0.15) is 8.42 Å². The topological polar surface area (TPSA) is 43.4 Å². The third kappa shape index (κ3) is 2.41. The SMILES string of the molecule is Cc1ccc(S(=O)(=O)OC2CC([18F])C2)cc1. The first-order valence-electron chi connectivity index (χ1n) is 5.11. The Morgan fingerprint density at radius 1 is 1.25 bits per heavy atom. The predicted molar refractivity (Wildman–Crippen MR) is 57.4 cm³/mol. The molecule has 0 amide bonds. The van der Waals surface area contributed by atoms with Crippen molar-refractivity contribution in [2.45, 2.75) is 36.9 Å². The van der Waals surface area contributed by atoms with E-state index in [1.807, 2.05) is 6.92 Å². The lowest BCUT2D eigenvalue weighted by Gasteiger charge is -2.28. The summed E-state index contributed by atoms with van der Waals surface area (Å²) in [4.78, 5) is 0.125. The maximum Gasteiger partial charge on any atom is 0.297 e. The van der Waals surface area contributed by atoms with E-state index < -0.39 is 22.4 Å². The second-order valence-corrected chi connectivity index (χ2v) is 5.63. The van der Waals surface area contributed by atoms with E-state index >= 15 is 0 Å². The molecule has 1 aromatic rings. The molecule has 0 aromatic heterocycles. The van der Waals surface area contributed by atoms with Crippen LogP contribution in [0.3, 0.4) is 0 Å². The molecule has 0 atom stereocenters. The van der Waals surface area contributed by atoms with Crippen molar-refractivity contribution in [3.05, 3.63) is 29.8 Å². The number of hydrogen-bond donors (Lipinski definition) is 0. The summed E-state index contributed by atoms with van der Waals surface area (Å²) >= 11 is 0. The third-order valence-electron chi connectivity index (χ3n) is 2.61. The van der Waals surface area contributed by atoms with Gasteiger partial charge in [-0.25, -0.2) is 4.39 Å². The zero-order valence-corrected chi connectivity index (χ0v) is 9.71. The van der Waals surface area contributed by atoms with Crippen LogP contribution in [0.2, 0.25) is 0 Å². The van der Waals surface area contributed by atoms with E-state index in [1.165, 1.54) is 12.1 Å². The van der Waals surface area contributed by atoms with Crippen LogP contribution >= 0.6 is 0 Å². The van der Waals surface area contributed by atoms with Crippen LogP contribution in [0.1, 0.15) is 18.4 Å². The number of alkyl halides is 1. The lowest BCUT2D eigenvalue weighted by molar-refractivity contribution is 0.0460. The Morgan fingerprint density at radius 2 is 1.81 bits per heavy atom. The first-order valence-corrected chi connectivity index (χ1v) is 6.52. The number of rotatable bonds is 3. The lowest BCUT2D eigenvalue weighted by atomic mass is 9.94. The van der Waals surface area contributed by atoms with Gasteiger partial charge in [0, 0.05) is 12.8 Å². The summed E-state index contributed by atoms with van der Waals surface area (Å²) in [5, 5.41) is 0. The maximum atomic E-state index is 12.5. The molecule has 0 saturated heterocycles. The fraction of sp³-hybridized carbons (Fsp3) is 0.455. The average Bonchev–Trinajstić information content (AvgIpc) is 2.15. The summed E-state index contributed by atoms with van der Waals surface area (Å²) in [7, 11) is -3.73. The monoisotopic (exact) mass is 243 g/mol. The highest BCUT2D eigenvalue weighted by Gasteiger charge is 2.34. The van der Waals surface area contributed by atoms with Crippen molar-refractivity contribution in [1.82, 2.24) is 0 Å². The summed E-state index contributed by atoms with van der Waals surface area (Å²) in [6.45, 7) is 1.87. The normalized spacial score (nSPS) is 25.1. The molecule has 0 unspecified atom stereocenters. The summed E-state index contributed by atoms with van der Waals surface area (Å²) in [6.07, 6.45) is -1.07.